The molecule has 8 nitrogen and oxygen atoms in total. The van der Waals surface area contributed by atoms with E-state index in [4.69, 9.17) is 9.47 Å². The maximum Gasteiger partial charge on any atom is 0.240 e. The van der Waals surface area contributed by atoms with Crippen molar-refractivity contribution in [2.24, 2.45) is 16.9 Å². The van der Waals surface area contributed by atoms with E-state index in [0.717, 1.165) is 0 Å². The van der Waals surface area contributed by atoms with Crippen LogP contribution in [0.5, 0.6) is 11.5 Å². The van der Waals surface area contributed by atoms with Crippen LogP contribution in [0.4, 0.5) is 5.69 Å². The lowest BCUT2D eigenvalue weighted by Gasteiger charge is -2.30. The van der Waals surface area contributed by atoms with Crippen LogP contribution in [0.3, 0.4) is 0 Å². The van der Waals surface area contributed by atoms with Crippen molar-refractivity contribution in [2.45, 2.75) is 12.1 Å². The fraction of sp³-hybridized carbons (Fsp3) is 0.250. The van der Waals surface area contributed by atoms with Gasteiger partial charge in [-0.3, -0.25) is 19.4 Å². The van der Waals surface area contributed by atoms with Gasteiger partial charge in [0, 0.05) is 11.8 Å². The van der Waals surface area contributed by atoms with Gasteiger partial charge in [-0.15, -0.1) is 0 Å². The molecule has 8 heteroatoms. The van der Waals surface area contributed by atoms with Crippen LogP contribution in [-0.4, -0.2) is 55.1 Å². The van der Waals surface area contributed by atoms with E-state index in [0.29, 0.717) is 22.7 Å². The lowest BCUT2D eigenvalue weighted by atomic mass is 9.86. The lowest BCUT2D eigenvalue weighted by molar-refractivity contribution is -0.123. The zero-order valence-electron chi connectivity index (χ0n) is 17.5. The summed E-state index contributed by atoms with van der Waals surface area (Å²) in [5, 5.41) is 5.96. The van der Waals surface area contributed by atoms with E-state index in [2.05, 4.69) is 5.10 Å². The molecule has 0 unspecified atom stereocenters. The maximum absolute atomic E-state index is 13.5. The molecule has 3 aliphatic heterocycles. The number of imide groups is 1. The van der Waals surface area contributed by atoms with Crippen molar-refractivity contribution in [3.05, 3.63) is 66.2 Å². The second kappa shape index (κ2) is 7.64. The number of carbonyl (C=O) groups excluding carboxylic acids is 3. The number of hydrogen-bond acceptors (Lipinski definition) is 7. The zero-order valence-corrected chi connectivity index (χ0v) is 17.5. The molecule has 0 radical (unpaired) electrons. The smallest absolute Gasteiger partial charge is 0.240 e. The van der Waals surface area contributed by atoms with Crippen molar-refractivity contribution in [3.8, 4) is 11.5 Å². The number of Topliss-reactive ketones (excluding diaryl/α,β-unsaturated/α-hetero) is 1. The number of hydrogen-bond donors (Lipinski definition) is 0. The quantitative estimate of drug-likeness (QED) is 0.533. The molecule has 0 spiro atoms. The Bertz CT molecular complexity index is 1140. The molecule has 0 N–H and O–H groups in total. The van der Waals surface area contributed by atoms with E-state index in [-0.39, 0.29) is 11.7 Å². The van der Waals surface area contributed by atoms with Crippen LogP contribution in [0.2, 0.25) is 0 Å². The number of methoxy groups -OCH3 is 2. The third-order valence-electron chi connectivity index (χ3n) is 6.26. The topological polar surface area (TPSA) is 88.5 Å². The Morgan fingerprint density at radius 2 is 1.47 bits per heavy atom. The number of ketones is 1. The number of nitrogens with zero attached hydrogens (tertiary/aromatic N) is 3. The van der Waals surface area contributed by atoms with Gasteiger partial charge in [-0.25, -0.2) is 4.90 Å². The molecule has 2 saturated heterocycles. The Hall–Kier alpha value is -3.94. The van der Waals surface area contributed by atoms with Crippen LogP contribution < -0.4 is 14.4 Å². The van der Waals surface area contributed by atoms with Crippen molar-refractivity contribution in [1.29, 1.82) is 0 Å². The maximum atomic E-state index is 13.5. The average Bonchev–Trinajstić information content (AvgIpc) is 3.31. The van der Waals surface area contributed by atoms with Gasteiger partial charge in [-0.05, 0) is 54.6 Å². The van der Waals surface area contributed by atoms with E-state index < -0.39 is 29.8 Å². The highest BCUT2D eigenvalue weighted by Crippen LogP contribution is 2.46. The normalized spacial score (nSPS) is 25.7. The van der Waals surface area contributed by atoms with Crippen molar-refractivity contribution in [2.75, 3.05) is 19.1 Å². The fourth-order valence-corrected chi connectivity index (χ4v) is 4.75. The van der Waals surface area contributed by atoms with Gasteiger partial charge in [0.25, 0.3) is 0 Å². The number of anilines is 1. The molecule has 2 fully saturated rings. The summed E-state index contributed by atoms with van der Waals surface area (Å²) < 4.78 is 10.3. The summed E-state index contributed by atoms with van der Waals surface area (Å²) in [5.74, 6) is -1.25. The standard InChI is InChI=1S/C24H21N3O5/c1-31-16-9-5-14(6-10-16)22(28)21-20-19(18-4-3-13-25-27(18)21)23(29)26(24(20)30)15-7-11-17(32-2)12-8-15/h3-13,18-21H,1-2H3/t18-,19-,20-,21+/m0/s1. The van der Waals surface area contributed by atoms with Gasteiger partial charge >= 0.3 is 0 Å². The Morgan fingerprint density at radius 1 is 0.875 bits per heavy atom. The number of benzene rings is 2. The number of carbonyl (C=O) groups is 3. The zero-order chi connectivity index (χ0) is 22.4. The van der Waals surface area contributed by atoms with Gasteiger partial charge in [0.2, 0.25) is 11.8 Å². The summed E-state index contributed by atoms with van der Waals surface area (Å²) in [6.45, 7) is 0. The predicted molar refractivity (Wildman–Crippen MR) is 117 cm³/mol. The first-order valence-corrected chi connectivity index (χ1v) is 10.2. The first kappa shape index (κ1) is 20.0. The molecule has 0 saturated carbocycles. The molecule has 2 amide bonds. The Morgan fingerprint density at radius 3 is 2.09 bits per heavy atom. The van der Waals surface area contributed by atoms with Crippen LogP contribution in [0.25, 0.3) is 0 Å². The SMILES string of the molecule is COc1ccc(C(=O)[C@H]2[C@H]3C(=O)N(c4ccc(OC)cc4)C(=O)[C@H]3[C@@H]3C=CC=NN32)cc1. The molecule has 4 atom stereocenters. The first-order chi connectivity index (χ1) is 15.5. The second-order valence-corrected chi connectivity index (χ2v) is 7.82. The number of fused-ring (bicyclic) bond motifs is 3. The van der Waals surface area contributed by atoms with Gasteiger partial charge in [-0.1, -0.05) is 6.08 Å². The van der Waals surface area contributed by atoms with E-state index in [1.807, 2.05) is 6.08 Å². The van der Waals surface area contributed by atoms with E-state index in [1.165, 1.54) is 4.90 Å². The number of rotatable bonds is 5. The van der Waals surface area contributed by atoms with Crippen LogP contribution >= 0.6 is 0 Å². The summed E-state index contributed by atoms with van der Waals surface area (Å²) in [5.41, 5.74) is 0.892. The summed E-state index contributed by atoms with van der Waals surface area (Å²) in [6.07, 6.45) is 5.14. The fourth-order valence-electron chi connectivity index (χ4n) is 4.75. The summed E-state index contributed by atoms with van der Waals surface area (Å²) in [4.78, 5) is 41.7. The van der Waals surface area contributed by atoms with Crippen LogP contribution in [0, 0.1) is 11.8 Å². The Labute approximate surface area is 184 Å². The number of hydrazone groups is 1. The minimum Gasteiger partial charge on any atom is -0.497 e. The molecule has 3 aliphatic rings. The summed E-state index contributed by atoms with van der Waals surface area (Å²) in [7, 11) is 3.10. The molecular formula is C24H21N3O5. The van der Waals surface area contributed by atoms with E-state index >= 15 is 0 Å². The van der Waals surface area contributed by atoms with Gasteiger partial charge in [0.1, 0.15) is 17.5 Å². The monoisotopic (exact) mass is 431 g/mol. The molecule has 32 heavy (non-hydrogen) atoms. The number of amides is 2. The molecule has 3 heterocycles. The minimum atomic E-state index is -0.876. The van der Waals surface area contributed by atoms with Gasteiger partial charge in [-0.2, -0.15) is 5.10 Å². The van der Waals surface area contributed by atoms with Crippen molar-refractivity contribution >= 4 is 29.5 Å². The third kappa shape index (κ3) is 2.90. The molecule has 162 valence electrons. The van der Waals surface area contributed by atoms with Gasteiger partial charge in [0.05, 0.1) is 37.8 Å². The molecular weight excluding hydrogens is 410 g/mol. The van der Waals surface area contributed by atoms with Crippen molar-refractivity contribution < 1.29 is 23.9 Å². The van der Waals surface area contributed by atoms with Gasteiger partial charge < -0.3 is 9.47 Å². The van der Waals surface area contributed by atoms with E-state index in [1.54, 1.807) is 80.1 Å². The van der Waals surface area contributed by atoms with E-state index in [9.17, 15) is 14.4 Å². The minimum absolute atomic E-state index is 0.254. The molecule has 5 rings (SSSR count). The van der Waals surface area contributed by atoms with Crippen LogP contribution in [0.1, 0.15) is 10.4 Å². The summed E-state index contributed by atoms with van der Waals surface area (Å²) in [6, 6.07) is 12.1. The average molecular weight is 431 g/mol. The highest BCUT2D eigenvalue weighted by molar-refractivity contribution is 6.24. The predicted octanol–water partition coefficient (Wildman–Crippen LogP) is 2.30. The lowest BCUT2D eigenvalue weighted by Crippen LogP contribution is -2.46. The number of ether oxygens (including phenoxy) is 2. The van der Waals surface area contributed by atoms with Crippen LogP contribution in [0.15, 0.2) is 65.8 Å². The van der Waals surface area contributed by atoms with Gasteiger partial charge in [0.15, 0.2) is 5.78 Å². The molecule has 2 aromatic rings. The molecule has 0 aliphatic carbocycles. The molecule has 0 aromatic heterocycles. The van der Waals surface area contributed by atoms with Crippen LogP contribution in [-0.2, 0) is 9.59 Å². The highest BCUT2D eigenvalue weighted by atomic mass is 16.5. The highest BCUT2D eigenvalue weighted by Gasteiger charge is 2.64. The number of allylic oxidation sites excluding steroid dienone is 1. The second-order valence-electron chi connectivity index (χ2n) is 7.82. The van der Waals surface area contributed by atoms with Crippen molar-refractivity contribution in [3.63, 3.8) is 0 Å². The molecule has 0 bridgehead atoms. The van der Waals surface area contributed by atoms with Crippen molar-refractivity contribution in [1.82, 2.24) is 5.01 Å². The summed E-state index contributed by atoms with van der Waals surface area (Å²) >= 11 is 0. The Kier molecular flexibility index (Phi) is 4.77. The third-order valence-corrected chi connectivity index (χ3v) is 6.26. The molecule has 2 aromatic carbocycles. The first-order valence-electron chi connectivity index (χ1n) is 10.2. The largest absolute Gasteiger partial charge is 0.497 e. The Balaban J connectivity index is 1.53.